The maximum atomic E-state index is 13.1. The topological polar surface area (TPSA) is 237 Å². The molecule has 0 aliphatic rings. The van der Waals surface area contributed by atoms with Crippen LogP contribution in [-0.2, 0) is 65.4 Å². The van der Waals surface area contributed by atoms with E-state index in [1.165, 1.54) is 218 Å². The number of rotatable bonds is 79. The molecule has 100 heavy (non-hydrogen) atoms. The first kappa shape index (κ1) is 97.5. The molecule has 0 fully saturated rings. The van der Waals surface area contributed by atoms with Gasteiger partial charge in [0.25, 0.3) is 0 Å². The number of aliphatic hydroxyl groups is 1. The van der Waals surface area contributed by atoms with Crippen LogP contribution in [0.15, 0.2) is 24.3 Å². The third-order valence-corrected chi connectivity index (χ3v) is 20.3. The zero-order valence-corrected chi connectivity index (χ0v) is 66.6. The molecule has 5 atom stereocenters. The third-order valence-electron chi connectivity index (χ3n) is 18.4. The number of aliphatic hydroxyl groups excluding tert-OH is 1. The second kappa shape index (κ2) is 73.4. The molecule has 2 unspecified atom stereocenters. The van der Waals surface area contributed by atoms with Crippen LogP contribution in [0, 0.1) is 5.92 Å². The van der Waals surface area contributed by atoms with E-state index in [9.17, 15) is 43.2 Å². The highest BCUT2D eigenvalue weighted by molar-refractivity contribution is 7.47. The highest BCUT2D eigenvalue weighted by atomic mass is 31.2. The molecule has 0 aliphatic carbocycles. The van der Waals surface area contributed by atoms with Gasteiger partial charge >= 0.3 is 39.5 Å². The number of phosphoric acid groups is 2. The highest BCUT2D eigenvalue weighted by Gasteiger charge is 2.30. The van der Waals surface area contributed by atoms with Crippen LogP contribution in [0.4, 0.5) is 0 Å². The van der Waals surface area contributed by atoms with Gasteiger partial charge in [0.2, 0.25) is 0 Å². The van der Waals surface area contributed by atoms with Gasteiger partial charge in [-0.25, -0.2) is 9.13 Å². The first-order chi connectivity index (χ1) is 48.5. The Bertz CT molecular complexity index is 2000. The predicted octanol–water partition coefficient (Wildman–Crippen LogP) is 24.0. The van der Waals surface area contributed by atoms with Crippen LogP contribution < -0.4 is 0 Å². The molecular weight excluding hydrogens is 1310 g/mol. The lowest BCUT2D eigenvalue weighted by Crippen LogP contribution is -2.30. The molecule has 0 spiro atoms. The Kier molecular flexibility index (Phi) is 71.6. The number of unbranched alkanes of at least 4 members (excludes halogenated alkanes) is 48. The van der Waals surface area contributed by atoms with Gasteiger partial charge < -0.3 is 33.8 Å². The lowest BCUT2D eigenvalue weighted by molar-refractivity contribution is -0.161. The monoisotopic (exact) mass is 1460 g/mol. The molecular formula is C81H154O17P2. The number of ether oxygens (including phenoxy) is 4. The minimum atomic E-state index is -4.97. The fraction of sp³-hybridized carbons (Fsp3) is 0.901. The molecule has 3 N–H and O–H groups in total. The number of phosphoric ester groups is 2. The van der Waals surface area contributed by atoms with Crippen molar-refractivity contribution in [2.45, 2.75) is 425 Å². The highest BCUT2D eigenvalue weighted by Crippen LogP contribution is 2.45. The zero-order chi connectivity index (χ0) is 73.4. The first-order valence-corrected chi connectivity index (χ1v) is 44.4. The van der Waals surface area contributed by atoms with Crippen LogP contribution in [-0.4, -0.2) is 96.7 Å². The van der Waals surface area contributed by atoms with E-state index in [1.807, 2.05) is 0 Å². The average molecular weight is 1460 g/mol. The van der Waals surface area contributed by atoms with Crippen LogP contribution in [0.3, 0.4) is 0 Å². The van der Waals surface area contributed by atoms with Gasteiger partial charge in [-0.1, -0.05) is 354 Å². The van der Waals surface area contributed by atoms with E-state index in [0.29, 0.717) is 25.7 Å². The normalized spacial score (nSPS) is 14.0. The molecule has 0 saturated carbocycles. The second-order valence-electron chi connectivity index (χ2n) is 29.0. The largest absolute Gasteiger partial charge is 0.472 e. The van der Waals surface area contributed by atoms with E-state index < -0.39 is 97.5 Å². The number of carbonyl (C=O) groups is 4. The van der Waals surface area contributed by atoms with Crippen molar-refractivity contribution in [2.24, 2.45) is 5.92 Å². The van der Waals surface area contributed by atoms with E-state index in [2.05, 4.69) is 58.9 Å². The van der Waals surface area contributed by atoms with Gasteiger partial charge in [-0.2, -0.15) is 0 Å². The molecule has 0 aromatic carbocycles. The van der Waals surface area contributed by atoms with Gasteiger partial charge in [-0.15, -0.1) is 0 Å². The summed E-state index contributed by atoms with van der Waals surface area (Å²) in [6.07, 6.45) is 67.3. The molecule has 0 aliphatic heterocycles. The second-order valence-corrected chi connectivity index (χ2v) is 31.9. The van der Waals surface area contributed by atoms with E-state index in [4.69, 9.17) is 37.0 Å². The zero-order valence-electron chi connectivity index (χ0n) is 64.8. The molecule has 17 nitrogen and oxygen atoms in total. The quantitative estimate of drug-likeness (QED) is 0.0169. The van der Waals surface area contributed by atoms with Gasteiger partial charge in [0.05, 0.1) is 26.4 Å². The summed E-state index contributed by atoms with van der Waals surface area (Å²) in [6.45, 7) is 7.28. The summed E-state index contributed by atoms with van der Waals surface area (Å²) >= 11 is 0. The summed E-state index contributed by atoms with van der Waals surface area (Å²) in [5.74, 6) is -1.34. The van der Waals surface area contributed by atoms with Gasteiger partial charge in [0.1, 0.15) is 19.3 Å². The maximum absolute atomic E-state index is 13.1. The predicted molar refractivity (Wildman–Crippen MR) is 409 cm³/mol. The van der Waals surface area contributed by atoms with Crippen molar-refractivity contribution in [1.82, 2.24) is 0 Å². The summed E-state index contributed by atoms with van der Waals surface area (Å²) < 4.78 is 68.7. The van der Waals surface area contributed by atoms with Crippen LogP contribution in [0.1, 0.15) is 407 Å². The van der Waals surface area contributed by atoms with Crippen molar-refractivity contribution in [3.63, 3.8) is 0 Å². The summed E-state index contributed by atoms with van der Waals surface area (Å²) in [6, 6.07) is 0. The Balaban J connectivity index is 5.27. The lowest BCUT2D eigenvalue weighted by Gasteiger charge is -2.21. The van der Waals surface area contributed by atoms with Crippen molar-refractivity contribution in [1.29, 1.82) is 0 Å². The minimum Gasteiger partial charge on any atom is -0.462 e. The molecule has 19 heteroatoms. The first-order valence-electron chi connectivity index (χ1n) is 41.5. The number of carbonyl (C=O) groups excluding carboxylic acids is 4. The van der Waals surface area contributed by atoms with Gasteiger partial charge in [-0.05, 0) is 57.3 Å². The fourth-order valence-electron chi connectivity index (χ4n) is 12.0. The molecule has 0 saturated heterocycles. The minimum absolute atomic E-state index is 0.0855. The standard InChI is InChI=1S/C81H154O17P2/c1-6-9-12-15-18-21-24-26-28-29-33-36-40-45-50-55-60-65-79(84)92-71-77(98-81(86)67-62-57-52-47-42-38-34-30-32-35-39-43-48-53-58-63-74(4)5)73-96-100(89,90)94-69-75(82)68-93-99(87,88)95-72-76(70-91-78(83)64-59-54-49-44-23-20-17-14-11-8-3)97-80(85)66-61-56-51-46-41-37-31-27-25-22-19-16-13-10-7-2/h22,25,27,31,74-77,82H,6-21,23-24,26,28-30,32-73H2,1-5H3,(H,87,88)(H,89,90)/b25-22-,31-27-/t75-,76+,77+/m0/s1. The van der Waals surface area contributed by atoms with E-state index in [-0.39, 0.29) is 25.7 Å². The van der Waals surface area contributed by atoms with Crippen molar-refractivity contribution in [3.8, 4) is 0 Å². The summed E-state index contributed by atoms with van der Waals surface area (Å²) in [5, 5.41) is 10.6. The summed E-state index contributed by atoms with van der Waals surface area (Å²) in [7, 11) is -9.93. The Morgan fingerprint density at radius 1 is 0.310 bits per heavy atom. The Morgan fingerprint density at radius 2 is 0.540 bits per heavy atom. The smallest absolute Gasteiger partial charge is 0.462 e. The van der Waals surface area contributed by atoms with Crippen LogP contribution >= 0.6 is 15.6 Å². The molecule has 0 bridgehead atoms. The lowest BCUT2D eigenvalue weighted by atomic mass is 10.0. The molecule has 0 aromatic heterocycles. The molecule has 590 valence electrons. The number of allylic oxidation sites excluding steroid dienone is 4. The van der Waals surface area contributed by atoms with Gasteiger partial charge in [0.15, 0.2) is 12.2 Å². The Labute approximate surface area is 612 Å². The van der Waals surface area contributed by atoms with Crippen LogP contribution in [0.2, 0.25) is 0 Å². The number of hydrogen-bond donors (Lipinski definition) is 3. The summed E-state index contributed by atoms with van der Waals surface area (Å²) in [5.41, 5.74) is 0. The molecule has 0 radical (unpaired) electrons. The van der Waals surface area contributed by atoms with Crippen LogP contribution in [0.5, 0.6) is 0 Å². The average Bonchev–Trinajstić information content (AvgIpc) is 0.934. The number of hydrogen-bond acceptors (Lipinski definition) is 15. The van der Waals surface area contributed by atoms with Gasteiger partial charge in [0, 0.05) is 25.7 Å². The number of esters is 4. The molecule has 0 aromatic rings. The van der Waals surface area contributed by atoms with E-state index in [0.717, 1.165) is 109 Å². The van der Waals surface area contributed by atoms with Crippen molar-refractivity contribution in [2.75, 3.05) is 39.6 Å². The molecule has 0 rings (SSSR count). The van der Waals surface area contributed by atoms with Crippen molar-refractivity contribution < 1.29 is 80.2 Å². The van der Waals surface area contributed by atoms with Crippen molar-refractivity contribution >= 4 is 39.5 Å². The Hall–Kier alpha value is -2.46. The van der Waals surface area contributed by atoms with Crippen LogP contribution in [0.25, 0.3) is 0 Å². The van der Waals surface area contributed by atoms with Crippen molar-refractivity contribution in [3.05, 3.63) is 24.3 Å². The van der Waals surface area contributed by atoms with Gasteiger partial charge in [-0.3, -0.25) is 37.3 Å². The Morgan fingerprint density at radius 3 is 0.820 bits per heavy atom. The third kappa shape index (κ3) is 73.8. The summed E-state index contributed by atoms with van der Waals surface area (Å²) in [4.78, 5) is 73.0. The maximum Gasteiger partial charge on any atom is 0.472 e. The van der Waals surface area contributed by atoms with E-state index >= 15 is 0 Å². The molecule has 0 heterocycles. The molecule has 0 amide bonds. The van der Waals surface area contributed by atoms with E-state index in [1.54, 1.807) is 0 Å². The SMILES string of the molecule is CCCCCC/C=C\C=C/CCCCCCCC(=O)O[C@H](COC(=O)CCCCCCCCCCCC)COP(=O)(O)OC[C@H](O)COP(=O)(O)OC[C@@H](COC(=O)CCCCCCCCCCCCCCCCCCC)OC(=O)CCCCCCCCCCCCCCCCCC(C)C. The fourth-order valence-corrected chi connectivity index (χ4v) is 13.6.